The molecule has 0 spiro atoms. The minimum Gasteiger partial charge on any atom is -0.356 e. The Hall–Kier alpha value is -1.78. The number of pyridine rings is 1. The number of carbonyl (C=O) groups excluding carboxylic acids is 1. The van der Waals surface area contributed by atoms with Crippen LogP contribution in [0.3, 0.4) is 0 Å². The molecule has 1 aromatic heterocycles. The minimum absolute atomic E-state index is 0.0948. The molecule has 3 heterocycles. The van der Waals surface area contributed by atoms with Crippen LogP contribution in [0.4, 0.5) is 10.6 Å². The summed E-state index contributed by atoms with van der Waals surface area (Å²) in [5.74, 6) is 2.56. The molecule has 5 nitrogen and oxygen atoms in total. The Balaban J connectivity index is 1.39. The van der Waals surface area contributed by atoms with Crippen LogP contribution in [0.25, 0.3) is 0 Å². The number of urea groups is 1. The van der Waals surface area contributed by atoms with Crippen LogP contribution in [0.2, 0.25) is 0 Å². The van der Waals surface area contributed by atoms with Crippen molar-refractivity contribution in [1.29, 1.82) is 0 Å². The fourth-order valence-electron chi connectivity index (χ4n) is 4.60. The number of likely N-dealkylation sites (tertiary alicyclic amines) is 1. The molecule has 3 aliphatic rings. The van der Waals surface area contributed by atoms with E-state index in [0.29, 0.717) is 6.54 Å². The van der Waals surface area contributed by atoms with Crippen molar-refractivity contribution < 1.29 is 4.79 Å². The number of nitrogens with one attached hydrogen (secondary N) is 1. The molecular formula is C19H28N4O. The van der Waals surface area contributed by atoms with Crippen LogP contribution in [-0.4, -0.2) is 42.1 Å². The second kappa shape index (κ2) is 6.61. The number of aryl methyl sites for hydroxylation is 1. The summed E-state index contributed by atoms with van der Waals surface area (Å²) >= 11 is 0. The average Bonchev–Trinajstić information content (AvgIpc) is 3.29. The Kier molecular flexibility index (Phi) is 4.33. The summed E-state index contributed by atoms with van der Waals surface area (Å²) in [5, 5.41) is 3.13. The fraction of sp³-hybridized carbons (Fsp3) is 0.684. The summed E-state index contributed by atoms with van der Waals surface area (Å²) in [7, 11) is 0. The summed E-state index contributed by atoms with van der Waals surface area (Å²) < 4.78 is 0. The van der Waals surface area contributed by atoms with Gasteiger partial charge in [0.05, 0.1) is 0 Å². The van der Waals surface area contributed by atoms with Gasteiger partial charge in [-0.05, 0) is 50.5 Å². The monoisotopic (exact) mass is 328 g/mol. The highest BCUT2D eigenvalue weighted by Crippen LogP contribution is 2.37. The molecule has 2 amide bonds. The lowest BCUT2D eigenvalue weighted by Crippen LogP contribution is -2.39. The summed E-state index contributed by atoms with van der Waals surface area (Å²) in [4.78, 5) is 21.6. The molecule has 1 saturated carbocycles. The number of rotatable bonds is 3. The van der Waals surface area contributed by atoms with Crippen LogP contribution < -0.4 is 10.2 Å². The first kappa shape index (κ1) is 15.7. The van der Waals surface area contributed by atoms with Gasteiger partial charge in [0.25, 0.3) is 0 Å². The second-order valence-corrected chi connectivity index (χ2v) is 7.64. The first-order valence-corrected chi connectivity index (χ1v) is 9.45. The van der Waals surface area contributed by atoms with Gasteiger partial charge in [-0.3, -0.25) is 0 Å². The maximum atomic E-state index is 12.5. The molecule has 4 rings (SSSR count). The van der Waals surface area contributed by atoms with Gasteiger partial charge in [-0.1, -0.05) is 12.5 Å². The van der Waals surface area contributed by atoms with Gasteiger partial charge in [-0.15, -0.1) is 0 Å². The summed E-state index contributed by atoms with van der Waals surface area (Å²) in [6.45, 7) is 6.65. The summed E-state index contributed by atoms with van der Waals surface area (Å²) in [6.07, 6.45) is 6.42. The molecule has 2 atom stereocenters. The maximum absolute atomic E-state index is 12.5. The zero-order chi connectivity index (χ0) is 16.5. The summed E-state index contributed by atoms with van der Waals surface area (Å²) in [5.41, 5.74) is 2.18. The van der Waals surface area contributed by atoms with Gasteiger partial charge in [0.1, 0.15) is 5.82 Å². The van der Waals surface area contributed by atoms with Gasteiger partial charge in [0.2, 0.25) is 0 Å². The minimum atomic E-state index is 0.0948. The number of carbonyl (C=O) groups is 1. The van der Waals surface area contributed by atoms with E-state index in [1.54, 1.807) is 0 Å². The molecule has 5 heteroatoms. The molecule has 1 N–H and O–H groups in total. The lowest BCUT2D eigenvalue weighted by molar-refractivity contribution is 0.204. The molecule has 24 heavy (non-hydrogen) atoms. The summed E-state index contributed by atoms with van der Waals surface area (Å²) in [6, 6.07) is 4.26. The Morgan fingerprint density at radius 2 is 1.88 bits per heavy atom. The SMILES string of the molecule is Cc1ccc(CNC(=O)N2CC3CCCC3C2)c(N2CCCC2)n1. The predicted molar refractivity (Wildman–Crippen MR) is 95.1 cm³/mol. The second-order valence-electron chi connectivity index (χ2n) is 7.64. The fourth-order valence-corrected chi connectivity index (χ4v) is 4.60. The van der Waals surface area contributed by atoms with Crippen molar-refractivity contribution in [3.8, 4) is 0 Å². The number of aromatic nitrogens is 1. The number of nitrogens with zero attached hydrogens (tertiary/aromatic N) is 3. The van der Waals surface area contributed by atoms with E-state index in [0.717, 1.165) is 55.1 Å². The Bertz CT molecular complexity index is 599. The van der Waals surface area contributed by atoms with Gasteiger partial charge in [0, 0.05) is 44.0 Å². The quantitative estimate of drug-likeness (QED) is 0.928. The molecule has 2 aliphatic heterocycles. The zero-order valence-electron chi connectivity index (χ0n) is 14.6. The van der Waals surface area contributed by atoms with Crippen molar-refractivity contribution in [3.05, 3.63) is 23.4 Å². The van der Waals surface area contributed by atoms with E-state index in [1.165, 1.54) is 32.1 Å². The van der Waals surface area contributed by atoms with Crippen molar-refractivity contribution in [3.63, 3.8) is 0 Å². The molecule has 3 fully saturated rings. The van der Waals surface area contributed by atoms with Crippen molar-refractivity contribution in [1.82, 2.24) is 15.2 Å². The van der Waals surface area contributed by atoms with Crippen LogP contribution in [0.1, 0.15) is 43.4 Å². The molecule has 0 radical (unpaired) electrons. The van der Waals surface area contributed by atoms with E-state index in [9.17, 15) is 4.79 Å². The van der Waals surface area contributed by atoms with Crippen LogP contribution >= 0.6 is 0 Å². The van der Waals surface area contributed by atoms with E-state index < -0.39 is 0 Å². The Morgan fingerprint density at radius 3 is 2.58 bits per heavy atom. The largest absolute Gasteiger partial charge is 0.356 e. The van der Waals surface area contributed by atoms with Crippen LogP contribution in [-0.2, 0) is 6.54 Å². The zero-order valence-corrected chi connectivity index (χ0v) is 14.6. The smallest absolute Gasteiger partial charge is 0.317 e. The standard InChI is InChI=1S/C19H28N4O/c1-14-7-8-15(18(21-14)22-9-2-3-10-22)11-20-19(24)23-12-16-5-4-6-17(16)13-23/h7-8,16-17H,2-6,9-13H2,1H3,(H,20,24). The third-order valence-electron chi connectivity index (χ3n) is 5.94. The van der Waals surface area contributed by atoms with Crippen molar-refractivity contribution in [2.45, 2.75) is 45.6 Å². The molecule has 1 aromatic rings. The van der Waals surface area contributed by atoms with E-state index >= 15 is 0 Å². The lowest BCUT2D eigenvalue weighted by atomic mass is 10.0. The van der Waals surface area contributed by atoms with E-state index in [1.807, 2.05) is 17.9 Å². The first-order valence-electron chi connectivity index (χ1n) is 9.45. The number of hydrogen-bond donors (Lipinski definition) is 1. The topological polar surface area (TPSA) is 48.5 Å². The third-order valence-corrected chi connectivity index (χ3v) is 5.94. The number of fused-ring (bicyclic) bond motifs is 1. The molecule has 1 aliphatic carbocycles. The van der Waals surface area contributed by atoms with Crippen LogP contribution in [0.15, 0.2) is 12.1 Å². The van der Waals surface area contributed by atoms with Gasteiger partial charge in [-0.25, -0.2) is 9.78 Å². The molecule has 2 unspecified atom stereocenters. The van der Waals surface area contributed by atoms with Gasteiger partial charge in [-0.2, -0.15) is 0 Å². The molecule has 130 valence electrons. The number of amides is 2. The Labute approximate surface area is 144 Å². The Morgan fingerprint density at radius 1 is 1.17 bits per heavy atom. The van der Waals surface area contributed by atoms with Gasteiger partial charge >= 0.3 is 6.03 Å². The normalized spacial score (nSPS) is 26.0. The highest BCUT2D eigenvalue weighted by molar-refractivity contribution is 5.74. The molecule has 2 saturated heterocycles. The van der Waals surface area contributed by atoms with Gasteiger partial charge in [0.15, 0.2) is 0 Å². The lowest BCUT2D eigenvalue weighted by Gasteiger charge is -2.22. The third kappa shape index (κ3) is 3.08. The maximum Gasteiger partial charge on any atom is 0.317 e. The first-order chi connectivity index (χ1) is 11.7. The van der Waals surface area contributed by atoms with Crippen LogP contribution in [0.5, 0.6) is 0 Å². The average molecular weight is 328 g/mol. The molecule has 0 aromatic carbocycles. The van der Waals surface area contributed by atoms with E-state index in [-0.39, 0.29) is 6.03 Å². The van der Waals surface area contributed by atoms with Crippen molar-refractivity contribution >= 4 is 11.8 Å². The highest BCUT2D eigenvalue weighted by atomic mass is 16.2. The molecule has 0 bridgehead atoms. The van der Waals surface area contributed by atoms with Gasteiger partial charge < -0.3 is 15.1 Å². The van der Waals surface area contributed by atoms with Crippen molar-refractivity contribution in [2.24, 2.45) is 11.8 Å². The van der Waals surface area contributed by atoms with E-state index in [2.05, 4.69) is 16.3 Å². The highest BCUT2D eigenvalue weighted by Gasteiger charge is 2.37. The molecular weight excluding hydrogens is 300 g/mol. The van der Waals surface area contributed by atoms with Crippen molar-refractivity contribution in [2.75, 3.05) is 31.1 Å². The van der Waals surface area contributed by atoms with E-state index in [4.69, 9.17) is 4.98 Å². The number of hydrogen-bond acceptors (Lipinski definition) is 3. The number of anilines is 1. The van der Waals surface area contributed by atoms with Crippen LogP contribution in [0, 0.1) is 18.8 Å². The predicted octanol–water partition coefficient (Wildman–Crippen LogP) is 2.93.